The molecular formula is C10H15Cl2N. The van der Waals surface area contributed by atoms with Crippen LogP contribution in [0.2, 0.25) is 5.02 Å². The molecule has 13 heavy (non-hydrogen) atoms. The van der Waals surface area contributed by atoms with Gasteiger partial charge in [0.2, 0.25) is 0 Å². The summed E-state index contributed by atoms with van der Waals surface area (Å²) in [5.74, 6) is 0. The summed E-state index contributed by atoms with van der Waals surface area (Å²) in [5.41, 5.74) is 1.09. The molecule has 1 nitrogen and oxygen atoms in total. The second-order valence-electron chi connectivity index (χ2n) is 3.16. The maximum atomic E-state index is 6.02. The van der Waals surface area contributed by atoms with Crippen molar-refractivity contribution in [2.45, 2.75) is 19.9 Å². The van der Waals surface area contributed by atoms with E-state index in [1.54, 1.807) is 0 Å². The molecule has 0 heterocycles. The van der Waals surface area contributed by atoms with Gasteiger partial charge in [0.15, 0.2) is 0 Å². The van der Waals surface area contributed by atoms with Crippen molar-refractivity contribution in [2.75, 3.05) is 11.9 Å². The molecule has 0 aliphatic rings. The van der Waals surface area contributed by atoms with Gasteiger partial charge in [0.25, 0.3) is 0 Å². The Bertz CT molecular complexity index is 261. The van der Waals surface area contributed by atoms with Gasteiger partial charge in [-0.25, -0.2) is 0 Å². The van der Waals surface area contributed by atoms with E-state index in [4.69, 9.17) is 11.6 Å². The third-order valence-corrected chi connectivity index (χ3v) is 2.33. The molecule has 1 aromatic rings. The Hall–Kier alpha value is -0.400. The van der Waals surface area contributed by atoms with Gasteiger partial charge in [0.1, 0.15) is 0 Å². The van der Waals surface area contributed by atoms with Gasteiger partial charge in [-0.05, 0) is 26.0 Å². The minimum atomic E-state index is 0. The van der Waals surface area contributed by atoms with Crippen molar-refractivity contribution >= 4 is 29.7 Å². The van der Waals surface area contributed by atoms with Crippen LogP contribution < -0.4 is 4.90 Å². The van der Waals surface area contributed by atoms with Crippen molar-refractivity contribution in [1.82, 2.24) is 0 Å². The first kappa shape index (κ1) is 12.6. The fraction of sp³-hybridized carbons (Fsp3) is 0.400. The molecule has 0 N–H and O–H groups in total. The Balaban J connectivity index is 0.00000144. The topological polar surface area (TPSA) is 3.24 Å². The van der Waals surface area contributed by atoms with Crippen molar-refractivity contribution in [3.8, 4) is 0 Å². The zero-order valence-electron chi connectivity index (χ0n) is 8.12. The Kier molecular flexibility index (Phi) is 5.19. The molecule has 1 aromatic carbocycles. The fourth-order valence-corrected chi connectivity index (χ4v) is 1.28. The minimum Gasteiger partial charge on any atom is -0.371 e. The second kappa shape index (κ2) is 5.36. The highest BCUT2D eigenvalue weighted by Gasteiger charge is 2.06. The van der Waals surface area contributed by atoms with Crippen molar-refractivity contribution in [3.63, 3.8) is 0 Å². The molecule has 0 radical (unpaired) electrons. The molecule has 0 atom stereocenters. The number of rotatable bonds is 2. The summed E-state index contributed by atoms with van der Waals surface area (Å²) in [6.07, 6.45) is 0. The van der Waals surface area contributed by atoms with Gasteiger partial charge >= 0.3 is 0 Å². The van der Waals surface area contributed by atoms with Gasteiger partial charge in [0, 0.05) is 13.1 Å². The number of benzene rings is 1. The second-order valence-corrected chi connectivity index (χ2v) is 3.56. The first-order chi connectivity index (χ1) is 5.63. The van der Waals surface area contributed by atoms with Gasteiger partial charge in [0.05, 0.1) is 10.7 Å². The molecule has 3 heteroatoms. The van der Waals surface area contributed by atoms with E-state index in [1.165, 1.54) is 0 Å². The summed E-state index contributed by atoms with van der Waals surface area (Å²) in [6, 6.07) is 8.36. The maximum Gasteiger partial charge on any atom is 0.0639 e. The van der Waals surface area contributed by atoms with Gasteiger partial charge in [-0.3, -0.25) is 0 Å². The van der Waals surface area contributed by atoms with Crippen LogP contribution in [0.25, 0.3) is 0 Å². The van der Waals surface area contributed by atoms with Crippen LogP contribution in [0.4, 0.5) is 5.69 Å². The Labute approximate surface area is 91.1 Å². The van der Waals surface area contributed by atoms with Gasteiger partial charge in [-0.1, -0.05) is 23.7 Å². The molecule has 0 aliphatic carbocycles. The van der Waals surface area contributed by atoms with Crippen LogP contribution in [-0.2, 0) is 0 Å². The SMILES string of the molecule is CC(C)N(C)c1ccccc1Cl.Cl. The van der Waals surface area contributed by atoms with Gasteiger partial charge in [-0.15, -0.1) is 12.4 Å². The summed E-state index contributed by atoms with van der Waals surface area (Å²) >= 11 is 6.02. The lowest BCUT2D eigenvalue weighted by atomic mass is 10.2. The summed E-state index contributed by atoms with van der Waals surface area (Å²) in [4.78, 5) is 2.16. The van der Waals surface area contributed by atoms with Crippen LogP contribution in [0, 0.1) is 0 Å². The monoisotopic (exact) mass is 219 g/mol. The highest BCUT2D eigenvalue weighted by Crippen LogP contribution is 2.25. The average molecular weight is 220 g/mol. The van der Waals surface area contributed by atoms with Gasteiger partial charge < -0.3 is 4.90 Å². The summed E-state index contributed by atoms with van der Waals surface area (Å²) in [6.45, 7) is 4.28. The molecule has 0 saturated carbocycles. The molecular weight excluding hydrogens is 205 g/mol. The van der Waals surface area contributed by atoms with Crippen molar-refractivity contribution in [1.29, 1.82) is 0 Å². The summed E-state index contributed by atoms with van der Waals surface area (Å²) in [7, 11) is 2.05. The fourth-order valence-electron chi connectivity index (χ4n) is 1.02. The van der Waals surface area contributed by atoms with E-state index < -0.39 is 0 Å². The highest BCUT2D eigenvalue weighted by atomic mass is 35.5. The van der Waals surface area contributed by atoms with Crippen LogP contribution in [0.5, 0.6) is 0 Å². The Morgan fingerprint density at radius 2 is 1.77 bits per heavy atom. The number of nitrogens with zero attached hydrogens (tertiary/aromatic N) is 1. The molecule has 0 fully saturated rings. The first-order valence-electron chi connectivity index (χ1n) is 4.10. The number of anilines is 1. The summed E-state index contributed by atoms with van der Waals surface area (Å²) < 4.78 is 0. The number of hydrogen-bond acceptors (Lipinski definition) is 1. The van der Waals surface area contributed by atoms with E-state index in [-0.39, 0.29) is 12.4 Å². The zero-order chi connectivity index (χ0) is 9.14. The standard InChI is InChI=1S/C10H14ClN.ClH/c1-8(2)12(3)10-7-5-4-6-9(10)11;/h4-8H,1-3H3;1H. The van der Waals surface area contributed by atoms with Crippen LogP contribution in [0.1, 0.15) is 13.8 Å². The third kappa shape index (κ3) is 3.09. The van der Waals surface area contributed by atoms with Gasteiger partial charge in [-0.2, -0.15) is 0 Å². The number of hydrogen-bond donors (Lipinski definition) is 0. The van der Waals surface area contributed by atoms with Crippen molar-refractivity contribution in [3.05, 3.63) is 29.3 Å². The van der Waals surface area contributed by atoms with Crippen LogP contribution in [0.15, 0.2) is 24.3 Å². The van der Waals surface area contributed by atoms with E-state index in [0.717, 1.165) is 10.7 Å². The Morgan fingerprint density at radius 3 is 2.23 bits per heavy atom. The molecule has 0 aromatic heterocycles. The van der Waals surface area contributed by atoms with Crippen LogP contribution >= 0.6 is 24.0 Å². The zero-order valence-corrected chi connectivity index (χ0v) is 9.69. The maximum absolute atomic E-state index is 6.02. The summed E-state index contributed by atoms with van der Waals surface area (Å²) in [5, 5.41) is 0.814. The molecule has 74 valence electrons. The van der Waals surface area contributed by atoms with E-state index in [0.29, 0.717) is 6.04 Å². The molecule has 0 aliphatic heterocycles. The highest BCUT2D eigenvalue weighted by molar-refractivity contribution is 6.33. The lowest BCUT2D eigenvalue weighted by Crippen LogP contribution is -2.25. The van der Waals surface area contributed by atoms with E-state index >= 15 is 0 Å². The predicted octanol–water partition coefficient (Wildman–Crippen LogP) is 3.61. The van der Waals surface area contributed by atoms with E-state index in [9.17, 15) is 0 Å². The van der Waals surface area contributed by atoms with Crippen molar-refractivity contribution < 1.29 is 0 Å². The molecule has 0 unspecified atom stereocenters. The number of halogens is 2. The largest absolute Gasteiger partial charge is 0.371 e. The van der Waals surface area contributed by atoms with E-state index in [2.05, 4.69) is 18.7 Å². The van der Waals surface area contributed by atoms with E-state index in [1.807, 2.05) is 31.3 Å². The minimum absolute atomic E-state index is 0. The van der Waals surface area contributed by atoms with Crippen LogP contribution in [-0.4, -0.2) is 13.1 Å². The molecule has 0 bridgehead atoms. The average Bonchev–Trinajstić information content (AvgIpc) is 2.04. The molecule has 0 spiro atoms. The van der Waals surface area contributed by atoms with Crippen LogP contribution in [0.3, 0.4) is 0 Å². The number of para-hydroxylation sites is 1. The van der Waals surface area contributed by atoms with Crippen molar-refractivity contribution in [2.24, 2.45) is 0 Å². The lowest BCUT2D eigenvalue weighted by Gasteiger charge is -2.24. The normalized spacial score (nSPS) is 9.62. The first-order valence-corrected chi connectivity index (χ1v) is 4.48. The molecule has 0 saturated heterocycles. The third-order valence-electron chi connectivity index (χ3n) is 2.01. The predicted molar refractivity (Wildman–Crippen MR) is 62.2 cm³/mol. The smallest absolute Gasteiger partial charge is 0.0639 e. The lowest BCUT2D eigenvalue weighted by molar-refractivity contribution is 0.755. The Morgan fingerprint density at radius 1 is 1.23 bits per heavy atom. The quantitative estimate of drug-likeness (QED) is 0.735. The molecule has 0 amide bonds. The molecule has 1 rings (SSSR count).